The van der Waals surface area contributed by atoms with Crippen LogP contribution in [-0.4, -0.2) is 21.1 Å². The van der Waals surface area contributed by atoms with E-state index in [9.17, 15) is 4.79 Å². The van der Waals surface area contributed by atoms with Gasteiger partial charge >= 0.3 is 0 Å². The van der Waals surface area contributed by atoms with Crippen LogP contribution in [0.4, 0.5) is 5.82 Å². The summed E-state index contributed by atoms with van der Waals surface area (Å²) >= 11 is 0. The van der Waals surface area contributed by atoms with Gasteiger partial charge in [-0.25, -0.2) is 4.98 Å². The van der Waals surface area contributed by atoms with Gasteiger partial charge < -0.3 is 5.32 Å². The number of benzene rings is 1. The zero-order valence-electron chi connectivity index (χ0n) is 10.3. The number of pyridine rings is 1. The van der Waals surface area contributed by atoms with E-state index in [1.165, 1.54) is 0 Å². The zero-order valence-corrected chi connectivity index (χ0v) is 10.3. The molecule has 2 N–H and O–H groups in total. The predicted molar refractivity (Wildman–Crippen MR) is 73.0 cm³/mol. The number of nitrogens with zero attached hydrogens (tertiary/aromatic N) is 2. The first kappa shape index (κ1) is 11.4. The lowest BCUT2D eigenvalue weighted by Crippen LogP contribution is -2.14. The summed E-state index contributed by atoms with van der Waals surface area (Å²) in [6.07, 6.45) is 0. The fourth-order valence-corrected chi connectivity index (χ4v) is 1.92. The molecule has 2 aromatic heterocycles. The van der Waals surface area contributed by atoms with Gasteiger partial charge in [0.1, 0.15) is 5.82 Å². The summed E-state index contributed by atoms with van der Waals surface area (Å²) in [5, 5.41) is 10.4. The number of carbonyl (C=O) groups is 1. The molecule has 0 radical (unpaired) electrons. The van der Waals surface area contributed by atoms with E-state index >= 15 is 0 Å². The van der Waals surface area contributed by atoms with E-state index in [2.05, 4.69) is 20.5 Å². The largest absolute Gasteiger partial charge is 0.305 e. The molecule has 0 aliphatic heterocycles. The number of amides is 1. The second kappa shape index (κ2) is 4.53. The average Bonchev–Trinajstić information content (AvgIpc) is 2.82. The summed E-state index contributed by atoms with van der Waals surface area (Å²) in [5.41, 5.74) is 2.06. The lowest BCUT2D eigenvalue weighted by atomic mass is 10.2. The highest BCUT2D eigenvalue weighted by molar-refractivity contribution is 6.10. The highest BCUT2D eigenvalue weighted by Crippen LogP contribution is 2.16. The van der Waals surface area contributed by atoms with Gasteiger partial charge in [0.15, 0.2) is 5.69 Å². The molecule has 0 aliphatic carbocycles. The standard InChI is InChI=1S/C14H12N4O/c1-9-5-4-8-12(15-9)16-14(19)13-10-6-2-3-7-11(10)17-18-13/h2-8H,1H3,(H,17,18)(H,15,16,19). The highest BCUT2D eigenvalue weighted by Gasteiger charge is 2.14. The number of aromatic nitrogens is 3. The van der Waals surface area contributed by atoms with E-state index in [1.807, 2.05) is 43.3 Å². The smallest absolute Gasteiger partial charge is 0.277 e. The van der Waals surface area contributed by atoms with Gasteiger partial charge in [0.2, 0.25) is 0 Å². The van der Waals surface area contributed by atoms with Crippen molar-refractivity contribution >= 4 is 22.6 Å². The van der Waals surface area contributed by atoms with Crippen molar-refractivity contribution in [3.8, 4) is 0 Å². The number of anilines is 1. The first-order valence-corrected chi connectivity index (χ1v) is 5.92. The SMILES string of the molecule is Cc1cccc(NC(=O)c2n[nH]c3ccccc23)n1. The van der Waals surface area contributed by atoms with Gasteiger partial charge in [0.25, 0.3) is 5.91 Å². The van der Waals surface area contributed by atoms with Gasteiger partial charge in [0.05, 0.1) is 5.52 Å². The van der Waals surface area contributed by atoms with Crippen LogP contribution in [0.25, 0.3) is 10.9 Å². The monoisotopic (exact) mass is 252 g/mol. The lowest BCUT2D eigenvalue weighted by molar-refractivity contribution is 0.102. The minimum absolute atomic E-state index is 0.268. The van der Waals surface area contributed by atoms with Crippen molar-refractivity contribution in [1.29, 1.82) is 0 Å². The molecule has 0 aliphatic rings. The molecule has 0 atom stereocenters. The van der Waals surface area contributed by atoms with Gasteiger partial charge in [0, 0.05) is 11.1 Å². The Morgan fingerprint density at radius 1 is 1.16 bits per heavy atom. The molecule has 94 valence electrons. The summed E-state index contributed by atoms with van der Waals surface area (Å²) < 4.78 is 0. The van der Waals surface area contributed by atoms with Crippen LogP contribution < -0.4 is 5.32 Å². The highest BCUT2D eigenvalue weighted by atomic mass is 16.2. The third-order valence-corrected chi connectivity index (χ3v) is 2.82. The van der Waals surface area contributed by atoms with E-state index < -0.39 is 0 Å². The lowest BCUT2D eigenvalue weighted by Gasteiger charge is -2.03. The van der Waals surface area contributed by atoms with E-state index in [0.717, 1.165) is 16.6 Å². The topological polar surface area (TPSA) is 70.7 Å². The van der Waals surface area contributed by atoms with E-state index in [0.29, 0.717) is 11.5 Å². The van der Waals surface area contributed by atoms with Crippen LogP contribution in [0.15, 0.2) is 42.5 Å². The van der Waals surface area contributed by atoms with Gasteiger partial charge in [-0.15, -0.1) is 0 Å². The second-order valence-electron chi connectivity index (χ2n) is 4.24. The molecule has 1 aromatic carbocycles. The minimum Gasteiger partial charge on any atom is -0.305 e. The Balaban J connectivity index is 1.92. The van der Waals surface area contributed by atoms with Crippen molar-refractivity contribution in [3.05, 3.63) is 53.9 Å². The average molecular weight is 252 g/mol. The molecule has 0 unspecified atom stereocenters. The molecule has 5 nitrogen and oxygen atoms in total. The van der Waals surface area contributed by atoms with Crippen molar-refractivity contribution < 1.29 is 4.79 Å². The molecule has 1 amide bonds. The third-order valence-electron chi connectivity index (χ3n) is 2.82. The number of hydrogen-bond acceptors (Lipinski definition) is 3. The number of carbonyl (C=O) groups excluding carboxylic acids is 1. The van der Waals surface area contributed by atoms with E-state index in [4.69, 9.17) is 0 Å². The zero-order chi connectivity index (χ0) is 13.2. The summed E-state index contributed by atoms with van der Waals surface area (Å²) in [4.78, 5) is 16.4. The molecule has 19 heavy (non-hydrogen) atoms. The number of rotatable bonds is 2. The van der Waals surface area contributed by atoms with E-state index in [1.54, 1.807) is 6.07 Å². The summed E-state index contributed by atoms with van der Waals surface area (Å²) in [7, 11) is 0. The molecule has 2 heterocycles. The third kappa shape index (κ3) is 2.18. The Morgan fingerprint density at radius 2 is 2.00 bits per heavy atom. The first-order chi connectivity index (χ1) is 9.24. The maximum Gasteiger partial charge on any atom is 0.277 e. The number of H-pyrrole nitrogens is 1. The quantitative estimate of drug-likeness (QED) is 0.736. The fourth-order valence-electron chi connectivity index (χ4n) is 1.92. The van der Waals surface area contributed by atoms with Gasteiger partial charge in [-0.1, -0.05) is 24.3 Å². The van der Waals surface area contributed by atoms with Crippen LogP contribution in [0.1, 0.15) is 16.2 Å². The molecule has 3 rings (SSSR count). The Morgan fingerprint density at radius 3 is 2.84 bits per heavy atom. The molecule has 0 spiro atoms. The predicted octanol–water partition coefficient (Wildman–Crippen LogP) is 2.52. The number of fused-ring (bicyclic) bond motifs is 1. The maximum atomic E-state index is 12.2. The molecule has 5 heteroatoms. The van der Waals surface area contributed by atoms with E-state index in [-0.39, 0.29) is 5.91 Å². The van der Waals surface area contributed by atoms with Crippen LogP contribution in [0.3, 0.4) is 0 Å². The number of aromatic amines is 1. The Labute approximate surface area is 109 Å². The fraction of sp³-hybridized carbons (Fsp3) is 0.0714. The van der Waals surface area contributed by atoms with Crippen molar-refractivity contribution in [3.63, 3.8) is 0 Å². The Bertz CT molecular complexity index is 748. The number of hydrogen-bond donors (Lipinski definition) is 2. The molecular weight excluding hydrogens is 240 g/mol. The van der Waals surface area contributed by atoms with Crippen molar-refractivity contribution in [1.82, 2.24) is 15.2 Å². The normalized spacial score (nSPS) is 10.6. The van der Waals surface area contributed by atoms with Gasteiger partial charge in [-0.2, -0.15) is 5.10 Å². The van der Waals surface area contributed by atoms with Crippen LogP contribution in [0, 0.1) is 6.92 Å². The summed E-state index contributed by atoms with van der Waals surface area (Å²) in [6.45, 7) is 1.87. The maximum absolute atomic E-state index is 12.2. The van der Waals surface area contributed by atoms with Gasteiger partial charge in [-0.3, -0.25) is 9.89 Å². The molecule has 0 saturated carbocycles. The summed E-state index contributed by atoms with van der Waals surface area (Å²) in [5.74, 6) is 0.257. The number of aryl methyl sites for hydroxylation is 1. The first-order valence-electron chi connectivity index (χ1n) is 5.92. The number of nitrogens with one attached hydrogen (secondary N) is 2. The van der Waals surface area contributed by atoms with Crippen LogP contribution >= 0.6 is 0 Å². The minimum atomic E-state index is -0.268. The van der Waals surface area contributed by atoms with Crippen LogP contribution in [-0.2, 0) is 0 Å². The molecule has 3 aromatic rings. The van der Waals surface area contributed by atoms with Crippen molar-refractivity contribution in [2.75, 3.05) is 5.32 Å². The second-order valence-corrected chi connectivity index (χ2v) is 4.24. The number of para-hydroxylation sites is 1. The van der Waals surface area contributed by atoms with Crippen LogP contribution in [0.5, 0.6) is 0 Å². The molecular formula is C14H12N4O. The molecule has 0 fully saturated rings. The Kier molecular flexibility index (Phi) is 2.72. The molecule has 0 bridgehead atoms. The molecule has 0 saturated heterocycles. The van der Waals surface area contributed by atoms with Gasteiger partial charge in [-0.05, 0) is 25.1 Å². The van der Waals surface area contributed by atoms with Crippen molar-refractivity contribution in [2.45, 2.75) is 6.92 Å². The Hall–Kier alpha value is -2.69. The van der Waals surface area contributed by atoms with Crippen molar-refractivity contribution in [2.24, 2.45) is 0 Å². The summed E-state index contributed by atoms with van der Waals surface area (Å²) in [6, 6.07) is 13.0. The van der Waals surface area contributed by atoms with Crippen LogP contribution in [0.2, 0.25) is 0 Å².